The van der Waals surface area contributed by atoms with E-state index in [1.165, 1.54) is 5.56 Å². The Morgan fingerprint density at radius 3 is 2.81 bits per heavy atom. The van der Waals surface area contributed by atoms with Crippen molar-refractivity contribution in [3.8, 4) is 0 Å². The van der Waals surface area contributed by atoms with Crippen LogP contribution in [0.25, 0.3) is 0 Å². The fraction of sp³-hybridized carbons (Fsp3) is 0.533. The molecule has 4 nitrogen and oxygen atoms in total. The molecule has 0 bridgehead atoms. The number of halogens is 2. The lowest BCUT2D eigenvalue weighted by molar-refractivity contribution is -0.134. The van der Waals surface area contributed by atoms with Gasteiger partial charge in [0.25, 0.3) is 5.91 Å². The molecule has 1 aliphatic heterocycles. The van der Waals surface area contributed by atoms with Gasteiger partial charge in [-0.1, -0.05) is 28.1 Å². The summed E-state index contributed by atoms with van der Waals surface area (Å²) in [5, 5.41) is 6.18. The molecule has 1 fully saturated rings. The topological polar surface area (TPSA) is 50.4 Å². The molecule has 2 unspecified atom stereocenters. The molecule has 1 aromatic carbocycles. The van der Waals surface area contributed by atoms with Crippen LogP contribution in [0.15, 0.2) is 28.7 Å². The van der Waals surface area contributed by atoms with E-state index in [0.717, 1.165) is 23.9 Å². The first-order chi connectivity index (χ1) is 9.65. The number of morpholine rings is 1. The molecule has 2 N–H and O–H groups in total. The number of ether oxygens (including phenoxy) is 1. The summed E-state index contributed by atoms with van der Waals surface area (Å²) in [6.07, 6.45) is 1.53. The zero-order valence-electron chi connectivity index (χ0n) is 12.1. The van der Waals surface area contributed by atoms with E-state index in [4.69, 9.17) is 4.74 Å². The Morgan fingerprint density at radius 2 is 2.19 bits per heavy atom. The smallest absolute Gasteiger partial charge is 0.250 e. The summed E-state index contributed by atoms with van der Waals surface area (Å²) in [6, 6.07) is 8.44. The molecule has 0 aliphatic carbocycles. The van der Waals surface area contributed by atoms with Gasteiger partial charge in [-0.3, -0.25) is 4.79 Å². The number of hydrogen-bond donors (Lipinski definition) is 2. The third kappa shape index (κ3) is 6.34. The number of hydrogen-bond acceptors (Lipinski definition) is 3. The van der Waals surface area contributed by atoms with Gasteiger partial charge in [0.2, 0.25) is 0 Å². The van der Waals surface area contributed by atoms with Gasteiger partial charge in [0, 0.05) is 23.6 Å². The molecule has 6 heteroatoms. The van der Waals surface area contributed by atoms with Crippen LogP contribution in [0.4, 0.5) is 0 Å². The van der Waals surface area contributed by atoms with Crippen LogP contribution in [-0.2, 0) is 16.0 Å². The average molecular weight is 378 g/mol. The highest BCUT2D eigenvalue weighted by Crippen LogP contribution is 2.12. The molecule has 1 saturated heterocycles. The number of rotatable bonds is 5. The quantitative estimate of drug-likeness (QED) is 0.828. The van der Waals surface area contributed by atoms with Crippen molar-refractivity contribution in [3.05, 3.63) is 34.3 Å². The van der Waals surface area contributed by atoms with Crippen LogP contribution in [0.1, 0.15) is 18.9 Å². The van der Waals surface area contributed by atoms with Crippen molar-refractivity contribution in [1.82, 2.24) is 10.6 Å². The summed E-state index contributed by atoms with van der Waals surface area (Å²) in [4.78, 5) is 12.0. The van der Waals surface area contributed by atoms with E-state index in [2.05, 4.69) is 38.7 Å². The fourth-order valence-corrected chi connectivity index (χ4v) is 2.44. The standard InChI is InChI=1S/C15H21BrN2O2.ClH/c1-11(2-3-12-4-6-13(16)7-5-12)18-15(19)14-10-17-8-9-20-14;/h4-7,11,14,17H,2-3,8-10H2,1H3,(H,18,19);1H. The van der Waals surface area contributed by atoms with Crippen LogP contribution in [-0.4, -0.2) is 37.7 Å². The third-order valence-electron chi connectivity index (χ3n) is 3.39. The van der Waals surface area contributed by atoms with Crippen molar-refractivity contribution in [1.29, 1.82) is 0 Å². The van der Waals surface area contributed by atoms with Crippen molar-refractivity contribution in [2.75, 3.05) is 19.7 Å². The first-order valence-electron chi connectivity index (χ1n) is 7.02. The molecule has 0 spiro atoms. The lowest BCUT2D eigenvalue weighted by Crippen LogP contribution is -2.49. The third-order valence-corrected chi connectivity index (χ3v) is 3.92. The summed E-state index contributed by atoms with van der Waals surface area (Å²) in [7, 11) is 0. The minimum Gasteiger partial charge on any atom is -0.366 e. The average Bonchev–Trinajstić information content (AvgIpc) is 2.47. The minimum absolute atomic E-state index is 0. The van der Waals surface area contributed by atoms with Crippen molar-refractivity contribution in [2.24, 2.45) is 0 Å². The van der Waals surface area contributed by atoms with Gasteiger partial charge < -0.3 is 15.4 Å². The molecule has 0 radical (unpaired) electrons. The highest BCUT2D eigenvalue weighted by atomic mass is 79.9. The normalized spacial score (nSPS) is 19.4. The van der Waals surface area contributed by atoms with Crippen molar-refractivity contribution in [3.63, 3.8) is 0 Å². The van der Waals surface area contributed by atoms with Gasteiger partial charge >= 0.3 is 0 Å². The maximum atomic E-state index is 12.0. The lowest BCUT2D eigenvalue weighted by Gasteiger charge is -2.24. The molecular formula is C15H22BrClN2O2. The predicted molar refractivity (Wildman–Crippen MR) is 89.9 cm³/mol. The molecule has 2 atom stereocenters. The summed E-state index contributed by atoms with van der Waals surface area (Å²) >= 11 is 3.43. The van der Waals surface area contributed by atoms with Crippen LogP contribution in [0.2, 0.25) is 0 Å². The Morgan fingerprint density at radius 1 is 1.48 bits per heavy atom. The lowest BCUT2D eigenvalue weighted by atomic mass is 10.1. The largest absolute Gasteiger partial charge is 0.366 e. The van der Waals surface area contributed by atoms with Crippen LogP contribution >= 0.6 is 28.3 Å². The van der Waals surface area contributed by atoms with E-state index in [-0.39, 0.29) is 30.5 Å². The number of benzene rings is 1. The van der Waals surface area contributed by atoms with Gasteiger partial charge in [-0.2, -0.15) is 0 Å². The van der Waals surface area contributed by atoms with E-state index in [1.807, 2.05) is 19.1 Å². The maximum absolute atomic E-state index is 12.0. The van der Waals surface area contributed by atoms with Crippen molar-refractivity contribution >= 4 is 34.2 Å². The SMILES string of the molecule is CC(CCc1ccc(Br)cc1)NC(=O)C1CNCCO1.Cl. The Hall–Kier alpha value is -0.620. The van der Waals surface area contributed by atoms with Crippen molar-refractivity contribution in [2.45, 2.75) is 31.9 Å². The highest BCUT2D eigenvalue weighted by molar-refractivity contribution is 9.10. The van der Waals surface area contributed by atoms with Crippen LogP contribution < -0.4 is 10.6 Å². The Balaban J connectivity index is 0.00000220. The first kappa shape index (κ1) is 18.4. The van der Waals surface area contributed by atoms with Crippen LogP contribution in [0.5, 0.6) is 0 Å². The monoisotopic (exact) mass is 376 g/mol. The first-order valence-corrected chi connectivity index (χ1v) is 7.81. The van der Waals surface area contributed by atoms with E-state index in [9.17, 15) is 4.79 Å². The molecule has 0 aromatic heterocycles. The Kier molecular flexibility index (Phi) is 8.26. The molecule has 21 heavy (non-hydrogen) atoms. The second kappa shape index (κ2) is 9.41. The molecule has 1 heterocycles. The summed E-state index contributed by atoms with van der Waals surface area (Å²) in [5.74, 6) is -0.0134. The van der Waals surface area contributed by atoms with E-state index in [0.29, 0.717) is 13.2 Å². The highest BCUT2D eigenvalue weighted by Gasteiger charge is 2.22. The Bertz CT molecular complexity index is 436. The van der Waals surface area contributed by atoms with E-state index in [1.54, 1.807) is 0 Å². The fourth-order valence-electron chi connectivity index (χ4n) is 2.18. The van der Waals surface area contributed by atoms with Gasteiger partial charge in [0.1, 0.15) is 6.10 Å². The molecule has 1 aromatic rings. The second-order valence-electron chi connectivity index (χ2n) is 5.14. The molecule has 1 aliphatic rings. The number of carbonyl (C=O) groups excluding carboxylic acids is 1. The summed E-state index contributed by atoms with van der Waals surface area (Å²) in [5.41, 5.74) is 1.28. The Labute approximate surface area is 140 Å². The number of amides is 1. The zero-order valence-corrected chi connectivity index (χ0v) is 14.5. The number of carbonyl (C=O) groups is 1. The molecule has 2 rings (SSSR count). The predicted octanol–water partition coefficient (Wildman–Crippen LogP) is 2.30. The van der Waals surface area contributed by atoms with Gasteiger partial charge in [-0.25, -0.2) is 0 Å². The second-order valence-corrected chi connectivity index (χ2v) is 6.05. The number of nitrogens with one attached hydrogen (secondary N) is 2. The van der Waals surface area contributed by atoms with E-state index < -0.39 is 0 Å². The zero-order chi connectivity index (χ0) is 14.4. The summed E-state index contributed by atoms with van der Waals surface area (Å²) < 4.78 is 6.52. The molecule has 1 amide bonds. The summed E-state index contributed by atoms with van der Waals surface area (Å²) in [6.45, 7) is 4.06. The van der Waals surface area contributed by atoms with Crippen LogP contribution in [0, 0.1) is 0 Å². The number of aryl methyl sites for hydroxylation is 1. The maximum Gasteiger partial charge on any atom is 0.250 e. The molecule has 0 saturated carbocycles. The molecular weight excluding hydrogens is 356 g/mol. The van der Waals surface area contributed by atoms with E-state index >= 15 is 0 Å². The van der Waals surface area contributed by atoms with Crippen molar-refractivity contribution < 1.29 is 9.53 Å². The van der Waals surface area contributed by atoms with Gasteiger partial charge in [0.05, 0.1) is 6.61 Å². The van der Waals surface area contributed by atoms with Gasteiger partial charge in [-0.05, 0) is 37.5 Å². The van der Waals surface area contributed by atoms with Gasteiger partial charge in [0.15, 0.2) is 0 Å². The van der Waals surface area contributed by atoms with Gasteiger partial charge in [-0.15, -0.1) is 12.4 Å². The molecule has 118 valence electrons. The minimum atomic E-state index is -0.348. The van der Waals surface area contributed by atoms with Crippen LogP contribution in [0.3, 0.4) is 0 Å².